The molecule has 1 N–H and O–H groups in total. The van der Waals surface area contributed by atoms with Crippen LogP contribution >= 0.6 is 0 Å². The van der Waals surface area contributed by atoms with Crippen LogP contribution in [-0.2, 0) is 11.2 Å². The minimum absolute atomic E-state index is 0.0381. The third-order valence-electron chi connectivity index (χ3n) is 2.02. The molecule has 6 heteroatoms. The summed E-state index contributed by atoms with van der Waals surface area (Å²) in [6.45, 7) is 1.86. The first kappa shape index (κ1) is 9.57. The fraction of sp³-hybridized carbons (Fsp3) is 0.333. The van der Waals surface area contributed by atoms with Crippen LogP contribution in [0.15, 0.2) is 12.1 Å². The Kier molecular flexibility index (Phi) is 2.32. The Morgan fingerprint density at radius 3 is 3.00 bits per heavy atom. The molecule has 0 amide bonds. The molecule has 0 fully saturated rings. The zero-order valence-corrected chi connectivity index (χ0v) is 8.21. The number of rotatable bonds is 3. The Balaban J connectivity index is 2.35. The van der Waals surface area contributed by atoms with Gasteiger partial charge in [0, 0.05) is 6.42 Å². The smallest absolute Gasteiger partial charge is 0.303 e. The number of carboxylic acids is 1. The van der Waals surface area contributed by atoms with Crippen LogP contribution in [0.5, 0.6) is 0 Å². The molecular formula is C9H10N4O2. The number of nitrogens with zero attached hydrogens (tertiary/aromatic N) is 4. The van der Waals surface area contributed by atoms with E-state index in [4.69, 9.17) is 5.11 Å². The molecule has 0 saturated carbocycles. The van der Waals surface area contributed by atoms with Crippen molar-refractivity contribution in [1.82, 2.24) is 19.8 Å². The van der Waals surface area contributed by atoms with E-state index in [-0.39, 0.29) is 6.42 Å². The first-order valence-corrected chi connectivity index (χ1v) is 4.56. The number of aryl methyl sites for hydroxylation is 2. The molecule has 0 aromatic carbocycles. The molecular weight excluding hydrogens is 196 g/mol. The Morgan fingerprint density at radius 2 is 2.27 bits per heavy atom. The van der Waals surface area contributed by atoms with Gasteiger partial charge in [-0.15, -0.1) is 10.2 Å². The van der Waals surface area contributed by atoms with Crippen molar-refractivity contribution in [2.24, 2.45) is 0 Å². The second-order valence-corrected chi connectivity index (χ2v) is 3.25. The summed E-state index contributed by atoms with van der Waals surface area (Å²) in [5.74, 6) is -0.268. The molecule has 0 aliphatic heterocycles. The summed E-state index contributed by atoms with van der Waals surface area (Å²) in [4.78, 5) is 10.4. The lowest BCUT2D eigenvalue weighted by Crippen LogP contribution is -2.04. The van der Waals surface area contributed by atoms with Crippen molar-refractivity contribution in [2.45, 2.75) is 19.8 Å². The van der Waals surface area contributed by atoms with Crippen molar-refractivity contribution in [3.05, 3.63) is 23.7 Å². The van der Waals surface area contributed by atoms with Gasteiger partial charge < -0.3 is 5.11 Å². The standard InChI is InChI=1S/C9H10N4O2/c1-6-2-3-7-10-11-8(13(7)12-6)4-5-9(14)15/h2-3H,4-5H2,1H3,(H,14,15). The molecule has 2 aromatic rings. The number of carbonyl (C=O) groups is 1. The molecule has 0 aliphatic rings. The summed E-state index contributed by atoms with van der Waals surface area (Å²) >= 11 is 0. The number of carboxylic acid groups (broad SMARTS) is 1. The average molecular weight is 206 g/mol. The zero-order valence-electron chi connectivity index (χ0n) is 8.21. The second kappa shape index (κ2) is 3.64. The largest absolute Gasteiger partial charge is 0.481 e. The summed E-state index contributed by atoms with van der Waals surface area (Å²) < 4.78 is 1.58. The highest BCUT2D eigenvalue weighted by Crippen LogP contribution is 2.04. The Morgan fingerprint density at radius 1 is 1.47 bits per heavy atom. The third kappa shape index (κ3) is 1.93. The first-order valence-electron chi connectivity index (χ1n) is 4.56. The summed E-state index contributed by atoms with van der Waals surface area (Å²) in [5.41, 5.74) is 1.49. The maximum absolute atomic E-state index is 10.4. The van der Waals surface area contributed by atoms with Gasteiger partial charge in [-0.05, 0) is 19.1 Å². The van der Waals surface area contributed by atoms with Gasteiger partial charge >= 0.3 is 5.97 Å². The number of aliphatic carboxylic acids is 1. The number of hydrogen-bond acceptors (Lipinski definition) is 4. The van der Waals surface area contributed by atoms with Gasteiger partial charge in [0.25, 0.3) is 0 Å². The lowest BCUT2D eigenvalue weighted by atomic mass is 10.3. The van der Waals surface area contributed by atoms with Crippen molar-refractivity contribution in [3.63, 3.8) is 0 Å². The van der Waals surface area contributed by atoms with Gasteiger partial charge in [-0.3, -0.25) is 4.79 Å². The molecule has 0 bridgehead atoms. The highest BCUT2D eigenvalue weighted by Gasteiger charge is 2.08. The van der Waals surface area contributed by atoms with E-state index in [0.29, 0.717) is 17.9 Å². The molecule has 0 atom stereocenters. The summed E-state index contributed by atoms with van der Waals surface area (Å²) in [6, 6.07) is 3.64. The van der Waals surface area contributed by atoms with Gasteiger partial charge in [0.2, 0.25) is 0 Å². The van der Waals surface area contributed by atoms with Crippen LogP contribution in [0, 0.1) is 6.92 Å². The van der Waals surface area contributed by atoms with E-state index in [9.17, 15) is 4.79 Å². The SMILES string of the molecule is Cc1ccc2nnc(CCC(=O)O)n2n1. The number of aromatic nitrogens is 4. The molecule has 2 heterocycles. The van der Waals surface area contributed by atoms with Crippen molar-refractivity contribution in [1.29, 1.82) is 0 Å². The van der Waals surface area contributed by atoms with Crippen molar-refractivity contribution >= 4 is 11.6 Å². The minimum atomic E-state index is -0.848. The third-order valence-corrected chi connectivity index (χ3v) is 2.02. The van der Waals surface area contributed by atoms with Gasteiger partial charge in [0.05, 0.1) is 12.1 Å². The summed E-state index contributed by atoms with van der Waals surface area (Å²) in [6.07, 6.45) is 0.378. The van der Waals surface area contributed by atoms with Crippen LogP contribution < -0.4 is 0 Å². The fourth-order valence-corrected chi connectivity index (χ4v) is 1.30. The fourth-order valence-electron chi connectivity index (χ4n) is 1.30. The van der Waals surface area contributed by atoms with Crippen LogP contribution in [0.2, 0.25) is 0 Å². The van der Waals surface area contributed by atoms with Crippen LogP contribution in [0.4, 0.5) is 0 Å². The van der Waals surface area contributed by atoms with E-state index in [1.165, 1.54) is 0 Å². The average Bonchev–Trinajstić information content (AvgIpc) is 2.57. The van der Waals surface area contributed by atoms with Crippen LogP contribution in [-0.4, -0.2) is 30.9 Å². The van der Waals surface area contributed by atoms with E-state index in [1.54, 1.807) is 10.6 Å². The molecule has 0 saturated heterocycles. The molecule has 78 valence electrons. The molecule has 2 rings (SSSR count). The molecule has 0 unspecified atom stereocenters. The van der Waals surface area contributed by atoms with Crippen LogP contribution in [0.25, 0.3) is 5.65 Å². The zero-order chi connectivity index (χ0) is 10.8. The van der Waals surface area contributed by atoms with E-state index in [0.717, 1.165) is 5.69 Å². The quantitative estimate of drug-likeness (QED) is 0.788. The van der Waals surface area contributed by atoms with Crippen molar-refractivity contribution < 1.29 is 9.90 Å². The van der Waals surface area contributed by atoms with E-state index in [1.807, 2.05) is 13.0 Å². The maximum atomic E-state index is 10.4. The molecule has 6 nitrogen and oxygen atoms in total. The molecule has 15 heavy (non-hydrogen) atoms. The van der Waals surface area contributed by atoms with E-state index >= 15 is 0 Å². The second-order valence-electron chi connectivity index (χ2n) is 3.25. The van der Waals surface area contributed by atoms with E-state index in [2.05, 4.69) is 15.3 Å². The molecule has 0 radical (unpaired) electrons. The Labute approximate surface area is 85.6 Å². The number of fused-ring (bicyclic) bond motifs is 1. The van der Waals surface area contributed by atoms with Gasteiger partial charge in [-0.1, -0.05) is 0 Å². The van der Waals surface area contributed by atoms with Crippen molar-refractivity contribution in [3.8, 4) is 0 Å². The summed E-state index contributed by atoms with van der Waals surface area (Å²) in [7, 11) is 0. The molecule has 0 spiro atoms. The summed E-state index contributed by atoms with van der Waals surface area (Å²) in [5, 5.41) is 20.6. The van der Waals surface area contributed by atoms with Gasteiger partial charge in [0.15, 0.2) is 11.5 Å². The van der Waals surface area contributed by atoms with Crippen LogP contribution in [0.3, 0.4) is 0 Å². The molecule has 0 aliphatic carbocycles. The highest BCUT2D eigenvalue weighted by molar-refractivity contribution is 5.66. The molecule has 2 aromatic heterocycles. The lowest BCUT2D eigenvalue weighted by molar-refractivity contribution is -0.137. The lowest BCUT2D eigenvalue weighted by Gasteiger charge is -1.97. The predicted molar refractivity (Wildman–Crippen MR) is 51.5 cm³/mol. The maximum Gasteiger partial charge on any atom is 0.303 e. The first-order chi connectivity index (χ1) is 7.16. The minimum Gasteiger partial charge on any atom is -0.481 e. The topological polar surface area (TPSA) is 80.4 Å². The normalized spacial score (nSPS) is 10.7. The van der Waals surface area contributed by atoms with Crippen molar-refractivity contribution in [2.75, 3.05) is 0 Å². The van der Waals surface area contributed by atoms with Gasteiger partial charge in [-0.2, -0.15) is 9.61 Å². The van der Waals surface area contributed by atoms with Gasteiger partial charge in [0.1, 0.15) is 0 Å². The van der Waals surface area contributed by atoms with Crippen LogP contribution in [0.1, 0.15) is 17.9 Å². The monoisotopic (exact) mass is 206 g/mol. The highest BCUT2D eigenvalue weighted by atomic mass is 16.4. The Bertz CT molecular complexity index is 506. The van der Waals surface area contributed by atoms with Gasteiger partial charge in [-0.25, -0.2) is 0 Å². The predicted octanol–water partition coefficient (Wildman–Crippen LogP) is 0.450. The van der Waals surface area contributed by atoms with E-state index < -0.39 is 5.97 Å². The Hall–Kier alpha value is -1.98. The number of hydrogen-bond donors (Lipinski definition) is 1.